The Morgan fingerprint density at radius 2 is 1.94 bits per heavy atom. The minimum Gasteiger partial charge on any atom is -0.507 e. The van der Waals surface area contributed by atoms with Crippen molar-refractivity contribution in [2.75, 3.05) is 11.5 Å². The highest BCUT2D eigenvalue weighted by molar-refractivity contribution is 7.15. The molecule has 0 spiro atoms. The molecule has 0 unspecified atom stereocenters. The molecule has 1 amide bonds. The van der Waals surface area contributed by atoms with E-state index in [0.29, 0.717) is 22.9 Å². The van der Waals surface area contributed by atoms with E-state index < -0.39 is 28.4 Å². The monoisotopic (exact) mass is 466 g/mol. The average Bonchev–Trinajstić information content (AvgIpc) is 3.34. The number of carbonyl (C=O) groups is 2. The zero-order valence-corrected chi connectivity index (χ0v) is 18.4. The molecule has 1 saturated heterocycles. The minimum atomic E-state index is -1.12. The van der Waals surface area contributed by atoms with Gasteiger partial charge in [0.15, 0.2) is 0 Å². The number of benzene rings is 2. The van der Waals surface area contributed by atoms with E-state index in [0.717, 1.165) is 16.2 Å². The van der Waals surface area contributed by atoms with Crippen molar-refractivity contribution >= 4 is 39.6 Å². The Morgan fingerprint density at radius 1 is 1.21 bits per heavy atom. The predicted octanol–water partition coefficient (Wildman–Crippen LogP) is 3.78. The number of aryl methyl sites for hydroxylation is 1. The van der Waals surface area contributed by atoms with Crippen molar-refractivity contribution in [2.24, 2.45) is 0 Å². The molecule has 10 nitrogen and oxygen atoms in total. The molecule has 33 heavy (non-hydrogen) atoms. The van der Waals surface area contributed by atoms with Gasteiger partial charge in [0, 0.05) is 17.7 Å². The normalized spacial score (nSPS) is 17.4. The number of Topliss-reactive ketones (excluding diaryl/α,β-unsaturated/α-hetero) is 1. The fraction of sp³-hybridized carbons (Fsp3) is 0.182. The number of hydrogen-bond donors (Lipinski definition) is 1. The maximum Gasteiger partial charge on any atom is 0.301 e. The number of nitro benzene ring substituents is 1. The van der Waals surface area contributed by atoms with Crippen LogP contribution in [0.2, 0.25) is 0 Å². The Labute approximate surface area is 191 Å². The quantitative estimate of drug-likeness (QED) is 0.191. The van der Waals surface area contributed by atoms with Crippen molar-refractivity contribution in [1.29, 1.82) is 0 Å². The van der Waals surface area contributed by atoms with Crippen LogP contribution in [-0.4, -0.2) is 38.5 Å². The van der Waals surface area contributed by atoms with Gasteiger partial charge in [0.25, 0.3) is 11.5 Å². The van der Waals surface area contributed by atoms with E-state index in [-0.39, 0.29) is 22.0 Å². The number of nitro groups is 1. The number of non-ortho nitro benzene ring substituents is 1. The van der Waals surface area contributed by atoms with Crippen LogP contribution in [0.4, 0.5) is 10.8 Å². The Kier molecular flexibility index (Phi) is 5.88. The summed E-state index contributed by atoms with van der Waals surface area (Å²) in [6.45, 7) is 3.99. The van der Waals surface area contributed by atoms with Crippen LogP contribution in [0.3, 0.4) is 0 Å². The molecule has 11 heteroatoms. The number of ether oxygens (including phenoxy) is 1. The molecule has 2 heterocycles. The molecule has 1 aliphatic rings. The molecule has 0 saturated carbocycles. The Balaban J connectivity index is 1.91. The van der Waals surface area contributed by atoms with E-state index in [4.69, 9.17) is 4.74 Å². The highest BCUT2D eigenvalue weighted by Gasteiger charge is 2.48. The zero-order chi connectivity index (χ0) is 23.7. The number of aromatic nitrogens is 2. The minimum absolute atomic E-state index is 0.150. The summed E-state index contributed by atoms with van der Waals surface area (Å²) in [6.07, 6.45) is 0. The first-order chi connectivity index (χ1) is 15.8. The molecule has 1 atom stereocenters. The number of ketones is 1. The summed E-state index contributed by atoms with van der Waals surface area (Å²) in [4.78, 5) is 38.0. The van der Waals surface area contributed by atoms with E-state index in [1.54, 1.807) is 37.3 Å². The van der Waals surface area contributed by atoms with Crippen LogP contribution in [0.5, 0.6) is 5.75 Å². The van der Waals surface area contributed by atoms with E-state index in [1.807, 2.05) is 6.92 Å². The molecular formula is C22H18N4O6S. The molecule has 168 valence electrons. The zero-order valence-electron chi connectivity index (χ0n) is 17.6. The molecule has 0 bridgehead atoms. The van der Waals surface area contributed by atoms with Crippen molar-refractivity contribution in [1.82, 2.24) is 10.2 Å². The van der Waals surface area contributed by atoms with E-state index in [1.165, 1.54) is 18.2 Å². The summed E-state index contributed by atoms with van der Waals surface area (Å²) < 4.78 is 5.40. The van der Waals surface area contributed by atoms with Gasteiger partial charge < -0.3 is 9.84 Å². The molecule has 3 aromatic rings. The van der Waals surface area contributed by atoms with Crippen LogP contribution in [-0.2, 0) is 9.59 Å². The fourth-order valence-electron chi connectivity index (χ4n) is 3.57. The van der Waals surface area contributed by atoms with Gasteiger partial charge >= 0.3 is 5.91 Å². The molecular weight excluding hydrogens is 448 g/mol. The topological polar surface area (TPSA) is 136 Å². The summed E-state index contributed by atoms with van der Waals surface area (Å²) in [5.41, 5.74) is 0.161. The standard InChI is InChI=1S/C22H18N4O6S/c1-3-32-16-9-7-13(8-10-16)19(27)17-18(14-5-4-6-15(11-14)26(30)31)25(21(29)20(17)28)22-24-23-12(2)33-22/h4-11,18,27H,3H2,1-2H3/t18-/m0/s1. The van der Waals surface area contributed by atoms with Crippen LogP contribution >= 0.6 is 11.3 Å². The Bertz CT molecular complexity index is 1280. The highest BCUT2D eigenvalue weighted by Crippen LogP contribution is 2.43. The second-order valence-electron chi connectivity index (χ2n) is 7.08. The van der Waals surface area contributed by atoms with Crippen LogP contribution in [0.1, 0.15) is 29.1 Å². The van der Waals surface area contributed by atoms with Crippen molar-refractivity contribution in [3.63, 3.8) is 0 Å². The van der Waals surface area contributed by atoms with Crippen LogP contribution in [0.15, 0.2) is 54.1 Å². The lowest BCUT2D eigenvalue weighted by atomic mass is 9.95. The first kappa shape index (κ1) is 22.1. The first-order valence-electron chi connectivity index (χ1n) is 9.90. The number of nitrogens with zero attached hydrogens (tertiary/aromatic N) is 4. The van der Waals surface area contributed by atoms with Crippen molar-refractivity contribution in [3.05, 3.63) is 80.4 Å². The predicted molar refractivity (Wildman–Crippen MR) is 120 cm³/mol. The van der Waals surface area contributed by atoms with Crippen molar-refractivity contribution in [3.8, 4) is 5.75 Å². The van der Waals surface area contributed by atoms with Crippen LogP contribution in [0.25, 0.3) is 5.76 Å². The summed E-state index contributed by atoms with van der Waals surface area (Å²) in [6, 6.07) is 10.8. The first-order valence-corrected chi connectivity index (χ1v) is 10.7. The van der Waals surface area contributed by atoms with Gasteiger partial charge in [-0.25, -0.2) is 0 Å². The Hall–Kier alpha value is -4.12. The molecule has 1 aliphatic heterocycles. The number of anilines is 1. The van der Waals surface area contributed by atoms with Gasteiger partial charge in [-0.15, -0.1) is 10.2 Å². The summed E-state index contributed by atoms with van der Waals surface area (Å²) >= 11 is 1.09. The van der Waals surface area contributed by atoms with Gasteiger partial charge in [-0.2, -0.15) is 0 Å². The van der Waals surface area contributed by atoms with E-state index >= 15 is 0 Å². The number of amides is 1. The average molecular weight is 466 g/mol. The maximum atomic E-state index is 13.1. The van der Waals surface area contributed by atoms with E-state index in [9.17, 15) is 24.8 Å². The van der Waals surface area contributed by atoms with Crippen molar-refractivity contribution < 1.29 is 24.4 Å². The number of carbonyl (C=O) groups excluding carboxylic acids is 2. The second kappa shape index (κ2) is 8.79. The van der Waals surface area contributed by atoms with Gasteiger partial charge in [-0.3, -0.25) is 24.6 Å². The highest BCUT2D eigenvalue weighted by atomic mass is 32.1. The molecule has 1 fully saturated rings. The third-order valence-electron chi connectivity index (χ3n) is 5.00. The molecule has 0 aliphatic carbocycles. The molecule has 0 radical (unpaired) electrons. The van der Waals surface area contributed by atoms with Crippen molar-refractivity contribution in [2.45, 2.75) is 19.9 Å². The second-order valence-corrected chi connectivity index (χ2v) is 8.24. The molecule has 4 rings (SSSR count). The smallest absolute Gasteiger partial charge is 0.301 e. The lowest BCUT2D eigenvalue weighted by Gasteiger charge is -2.22. The lowest BCUT2D eigenvalue weighted by Crippen LogP contribution is -2.29. The number of aliphatic hydroxyl groups is 1. The number of hydrogen-bond acceptors (Lipinski definition) is 9. The van der Waals surface area contributed by atoms with Crippen LogP contribution in [0, 0.1) is 17.0 Å². The largest absolute Gasteiger partial charge is 0.507 e. The SMILES string of the molecule is CCOc1ccc(C(O)=C2C(=O)C(=O)N(c3nnc(C)s3)[C@H]2c2cccc([N+](=O)[O-])c2)cc1. The fourth-order valence-corrected chi connectivity index (χ4v) is 4.28. The summed E-state index contributed by atoms with van der Waals surface area (Å²) in [7, 11) is 0. The van der Waals surface area contributed by atoms with Gasteiger partial charge in [-0.1, -0.05) is 23.5 Å². The molecule has 1 N–H and O–H groups in total. The summed E-state index contributed by atoms with van der Waals surface area (Å²) in [5, 5.41) is 31.0. The van der Waals surface area contributed by atoms with E-state index in [2.05, 4.69) is 10.2 Å². The lowest BCUT2D eigenvalue weighted by molar-refractivity contribution is -0.384. The third-order valence-corrected chi connectivity index (χ3v) is 5.84. The van der Waals surface area contributed by atoms with Gasteiger partial charge in [0.2, 0.25) is 5.13 Å². The summed E-state index contributed by atoms with van der Waals surface area (Å²) in [5.74, 6) is -1.66. The maximum absolute atomic E-state index is 13.1. The molecule has 1 aromatic heterocycles. The Morgan fingerprint density at radius 3 is 2.55 bits per heavy atom. The third kappa shape index (κ3) is 4.05. The van der Waals surface area contributed by atoms with Gasteiger partial charge in [0.05, 0.1) is 23.1 Å². The van der Waals surface area contributed by atoms with Gasteiger partial charge in [0.1, 0.15) is 16.5 Å². The van der Waals surface area contributed by atoms with Crippen LogP contribution < -0.4 is 9.64 Å². The van der Waals surface area contributed by atoms with Gasteiger partial charge in [-0.05, 0) is 43.7 Å². The number of rotatable bonds is 6. The number of aliphatic hydroxyl groups excluding tert-OH is 1. The molecule has 2 aromatic carbocycles.